The lowest BCUT2D eigenvalue weighted by Crippen LogP contribution is -2.49. The van der Waals surface area contributed by atoms with Crippen molar-refractivity contribution in [3.8, 4) is 0 Å². The van der Waals surface area contributed by atoms with Crippen molar-refractivity contribution in [2.24, 2.45) is 7.05 Å². The van der Waals surface area contributed by atoms with Gasteiger partial charge in [-0.25, -0.2) is 9.37 Å². The molecule has 0 spiro atoms. The number of halogens is 2. The van der Waals surface area contributed by atoms with Crippen LogP contribution in [0, 0.1) is 5.82 Å². The third-order valence-corrected chi connectivity index (χ3v) is 4.48. The zero-order chi connectivity index (χ0) is 15.7. The van der Waals surface area contributed by atoms with Gasteiger partial charge in [-0.2, -0.15) is 0 Å². The summed E-state index contributed by atoms with van der Waals surface area (Å²) >= 11 is 3.27. The van der Waals surface area contributed by atoms with Crippen LogP contribution in [-0.4, -0.2) is 40.0 Å². The zero-order valence-electron chi connectivity index (χ0n) is 12.1. The predicted molar refractivity (Wildman–Crippen MR) is 84.0 cm³/mol. The van der Waals surface area contributed by atoms with E-state index in [-0.39, 0.29) is 17.8 Å². The number of aromatic nitrogens is 2. The molecular weight excluding hydrogens is 351 g/mol. The molecule has 1 saturated heterocycles. The van der Waals surface area contributed by atoms with E-state index in [0.29, 0.717) is 23.1 Å². The number of rotatable bonds is 2. The van der Waals surface area contributed by atoms with Gasteiger partial charge in [0.15, 0.2) is 0 Å². The summed E-state index contributed by atoms with van der Waals surface area (Å²) in [6, 6.07) is 3.98. The highest BCUT2D eigenvalue weighted by molar-refractivity contribution is 9.10. The van der Waals surface area contributed by atoms with Crippen LogP contribution in [0.5, 0.6) is 0 Å². The summed E-state index contributed by atoms with van der Waals surface area (Å²) in [6.07, 6.45) is 3.58. The van der Waals surface area contributed by atoms with Gasteiger partial charge in [0.25, 0.3) is 5.91 Å². The van der Waals surface area contributed by atoms with Crippen LogP contribution < -0.4 is 5.32 Å². The number of carbonyl (C=O) groups excluding carboxylic acids is 1. The molecule has 7 heteroatoms. The number of aryl methyl sites for hydroxylation is 1. The normalized spacial score (nSPS) is 18.5. The summed E-state index contributed by atoms with van der Waals surface area (Å²) in [5, 5.41) is 3.29. The Morgan fingerprint density at radius 1 is 1.50 bits per heavy atom. The van der Waals surface area contributed by atoms with Crippen LogP contribution in [0.3, 0.4) is 0 Å². The number of hydrogen-bond acceptors (Lipinski definition) is 3. The highest BCUT2D eigenvalue weighted by atomic mass is 79.9. The first-order chi connectivity index (χ1) is 10.6. The Kier molecular flexibility index (Phi) is 4.26. The second kappa shape index (κ2) is 6.18. The van der Waals surface area contributed by atoms with Gasteiger partial charge in [-0.1, -0.05) is 0 Å². The van der Waals surface area contributed by atoms with Gasteiger partial charge < -0.3 is 14.8 Å². The Bertz CT molecular complexity index is 703. The van der Waals surface area contributed by atoms with Gasteiger partial charge in [-0.15, -0.1) is 0 Å². The van der Waals surface area contributed by atoms with Crippen LogP contribution in [0.2, 0.25) is 0 Å². The minimum Gasteiger partial charge on any atom is -0.336 e. The second-order valence-corrected chi connectivity index (χ2v) is 6.09. The smallest absolute Gasteiger partial charge is 0.255 e. The molecule has 1 aromatic carbocycles. The summed E-state index contributed by atoms with van der Waals surface area (Å²) in [5.41, 5.74) is 0.461. The van der Waals surface area contributed by atoms with Gasteiger partial charge in [0.1, 0.15) is 17.7 Å². The Balaban J connectivity index is 1.93. The molecule has 0 radical (unpaired) electrons. The Hall–Kier alpha value is -1.73. The van der Waals surface area contributed by atoms with Crippen molar-refractivity contribution in [2.75, 3.05) is 19.6 Å². The number of imidazole rings is 1. The maximum atomic E-state index is 13.2. The molecule has 5 nitrogen and oxygen atoms in total. The maximum Gasteiger partial charge on any atom is 0.255 e. The summed E-state index contributed by atoms with van der Waals surface area (Å²) in [5.74, 6) is 0.338. The van der Waals surface area contributed by atoms with E-state index >= 15 is 0 Å². The Morgan fingerprint density at radius 3 is 3.00 bits per heavy atom. The summed E-state index contributed by atoms with van der Waals surface area (Å²) in [7, 11) is 1.91. The van der Waals surface area contributed by atoms with E-state index in [4.69, 9.17) is 0 Å². The van der Waals surface area contributed by atoms with Gasteiger partial charge in [0.05, 0.1) is 5.56 Å². The Labute approximate surface area is 136 Å². The fourth-order valence-electron chi connectivity index (χ4n) is 2.69. The van der Waals surface area contributed by atoms with E-state index in [2.05, 4.69) is 26.2 Å². The van der Waals surface area contributed by atoms with Crippen LogP contribution in [-0.2, 0) is 7.05 Å². The lowest BCUT2D eigenvalue weighted by molar-refractivity contribution is 0.0620. The molecule has 0 saturated carbocycles. The molecular formula is C15H16BrFN4O. The van der Waals surface area contributed by atoms with Gasteiger partial charge in [0, 0.05) is 43.5 Å². The second-order valence-electron chi connectivity index (χ2n) is 5.24. The van der Waals surface area contributed by atoms with E-state index in [1.807, 2.05) is 17.8 Å². The van der Waals surface area contributed by atoms with Gasteiger partial charge in [-0.3, -0.25) is 4.79 Å². The van der Waals surface area contributed by atoms with Crippen molar-refractivity contribution in [3.63, 3.8) is 0 Å². The molecule has 1 aromatic heterocycles. The molecule has 2 aromatic rings. The third-order valence-electron chi connectivity index (χ3n) is 3.82. The highest BCUT2D eigenvalue weighted by Crippen LogP contribution is 2.26. The lowest BCUT2D eigenvalue weighted by Gasteiger charge is -2.36. The molecule has 1 aliphatic heterocycles. The largest absolute Gasteiger partial charge is 0.336 e. The topological polar surface area (TPSA) is 50.2 Å². The quantitative estimate of drug-likeness (QED) is 0.885. The fourth-order valence-corrected chi connectivity index (χ4v) is 3.21. The summed E-state index contributed by atoms with van der Waals surface area (Å²) < 4.78 is 15.6. The van der Waals surface area contributed by atoms with Crippen molar-refractivity contribution in [2.45, 2.75) is 6.04 Å². The monoisotopic (exact) mass is 366 g/mol. The van der Waals surface area contributed by atoms with Crippen molar-refractivity contribution in [1.82, 2.24) is 19.8 Å². The molecule has 0 bridgehead atoms. The average molecular weight is 367 g/mol. The molecule has 22 heavy (non-hydrogen) atoms. The van der Waals surface area contributed by atoms with E-state index in [0.717, 1.165) is 12.4 Å². The number of nitrogens with one attached hydrogen (secondary N) is 1. The van der Waals surface area contributed by atoms with E-state index < -0.39 is 0 Å². The molecule has 1 amide bonds. The number of carbonyl (C=O) groups is 1. The number of benzene rings is 1. The van der Waals surface area contributed by atoms with Crippen LogP contribution in [0.1, 0.15) is 22.2 Å². The van der Waals surface area contributed by atoms with E-state index in [9.17, 15) is 9.18 Å². The molecule has 116 valence electrons. The maximum absolute atomic E-state index is 13.2. The first-order valence-corrected chi connectivity index (χ1v) is 7.81. The van der Waals surface area contributed by atoms with Crippen LogP contribution in [0.15, 0.2) is 35.1 Å². The van der Waals surface area contributed by atoms with Gasteiger partial charge in [0.2, 0.25) is 0 Å². The Morgan fingerprint density at radius 2 is 2.32 bits per heavy atom. The van der Waals surface area contributed by atoms with Crippen molar-refractivity contribution >= 4 is 21.8 Å². The highest BCUT2D eigenvalue weighted by Gasteiger charge is 2.31. The average Bonchev–Trinajstić information content (AvgIpc) is 2.93. The lowest BCUT2D eigenvalue weighted by atomic mass is 10.1. The molecule has 1 fully saturated rings. The standard InChI is InChI=1S/C15H16BrFN4O/c1-20-6-5-19-14(20)13-9-18-4-7-21(13)15(22)11-3-2-10(17)8-12(11)16/h2-3,5-6,8,13,18H,4,7,9H2,1H3. The molecule has 1 unspecified atom stereocenters. The number of hydrogen-bond donors (Lipinski definition) is 1. The van der Waals surface area contributed by atoms with Crippen molar-refractivity contribution < 1.29 is 9.18 Å². The third kappa shape index (κ3) is 2.78. The molecule has 1 atom stereocenters. The first-order valence-electron chi connectivity index (χ1n) is 7.02. The summed E-state index contributed by atoms with van der Waals surface area (Å²) in [4.78, 5) is 19.0. The van der Waals surface area contributed by atoms with Crippen LogP contribution in [0.25, 0.3) is 0 Å². The van der Waals surface area contributed by atoms with Crippen LogP contribution in [0.4, 0.5) is 4.39 Å². The first kappa shape index (κ1) is 15.2. The van der Waals surface area contributed by atoms with Crippen molar-refractivity contribution in [1.29, 1.82) is 0 Å². The minimum absolute atomic E-state index is 0.124. The number of nitrogens with zero attached hydrogens (tertiary/aromatic N) is 3. The van der Waals surface area contributed by atoms with Crippen LogP contribution >= 0.6 is 15.9 Å². The van der Waals surface area contributed by atoms with Crippen molar-refractivity contribution in [3.05, 3.63) is 52.3 Å². The molecule has 2 heterocycles. The van der Waals surface area contributed by atoms with Gasteiger partial charge >= 0.3 is 0 Å². The fraction of sp³-hybridized carbons (Fsp3) is 0.333. The van der Waals surface area contributed by atoms with E-state index in [1.165, 1.54) is 18.2 Å². The molecule has 1 aliphatic rings. The molecule has 3 rings (SSSR count). The number of piperazine rings is 1. The van der Waals surface area contributed by atoms with E-state index in [1.54, 1.807) is 11.1 Å². The minimum atomic E-state index is -0.371. The predicted octanol–water partition coefficient (Wildman–Crippen LogP) is 2.11. The molecule has 0 aliphatic carbocycles. The SMILES string of the molecule is Cn1ccnc1C1CNCCN1C(=O)c1ccc(F)cc1Br. The van der Waals surface area contributed by atoms with Gasteiger partial charge in [-0.05, 0) is 34.1 Å². The molecule has 1 N–H and O–H groups in total. The number of amides is 1. The summed E-state index contributed by atoms with van der Waals surface area (Å²) in [6.45, 7) is 1.96. The zero-order valence-corrected chi connectivity index (χ0v) is 13.7.